The Morgan fingerprint density at radius 3 is 2.35 bits per heavy atom. The van der Waals surface area contributed by atoms with Crippen LogP contribution in [0.2, 0.25) is 0 Å². The fraction of sp³-hybridized carbons (Fsp3) is 0.0667. The number of hydrogen-bond acceptors (Lipinski definition) is 3. The first-order valence-electron chi connectivity index (χ1n) is 6.14. The molecule has 0 aliphatic rings. The molecule has 0 spiro atoms. The minimum absolute atomic E-state index is 0.144. The molecular formula is C15H15N3O2. The number of primary amides is 1. The van der Waals surface area contributed by atoms with Crippen LogP contribution in [0.15, 0.2) is 54.6 Å². The first-order valence-corrected chi connectivity index (χ1v) is 6.14. The van der Waals surface area contributed by atoms with Gasteiger partial charge in [-0.1, -0.05) is 24.3 Å². The highest BCUT2D eigenvalue weighted by atomic mass is 16.2. The Kier molecular flexibility index (Phi) is 4.34. The van der Waals surface area contributed by atoms with E-state index in [4.69, 9.17) is 5.73 Å². The molecule has 2 aromatic rings. The number of amides is 2. The lowest BCUT2D eigenvalue weighted by atomic mass is 10.2. The number of benzene rings is 2. The number of carbonyl (C=O) groups excluding carboxylic acids is 2. The Morgan fingerprint density at radius 1 is 0.950 bits per heavy atom. The maximum atomic E-state index is 11.8. The lowest BCUT2D eigenvalue weighted by Gasteiger charge is -2.08. The van der Waals surface area contributed by atoms with Gasteiger partial charge >= 0.3 is 0 Å². The predicted molar refractivity (Wildman–Crippen MR) is 78.5 cm³/mol. The summed E-state index contributed by atoms with van der Waals surface area (Å²) in [6.07, 6.45) is 0. The minimum atomic E-state index is -0.525. The van der Waals surface area contributed by atoms with Crippen molar-refractivity contribution < 1.29 is 9.59 Å². The van der Waals surface area contributed by atoms with E-state index in [0.29, 0.717) is 11.3 Å². The second kappa shape index (κ2) is 6.38. The quantitative estimate of drug-likeness (QED) is 0.774. The molecule has 2 rings (SSSR count). The first kappa shape index (κ1) is 13.6. The van der Waals surface area contributed by atoms with Gasteiger partial charge in [-0.2, -0.15) is 0 Å². The molecule has 20 heavy (non-hydrogen) atoms. The highest BCUT2D eigenvalue weighted by Crippen LogP contribution is 2.10. The molecule has 0 fully saturated rings. The van der Waals surface area contributed by atoms with Crippen LogP contribution in [0.3, 0.4) is 0 Å². The molecular weight excluding hydrogens is 254 g/mol. The van der Waals surface area contributed by atoms with Crippen molar-refractivity contribution in [3.8, 4) is 0 Å². The summed E-state index contributed by atoms with van der Waals surface area (Å²) in [5.41, 5.74) is 6.96. The van der Waals surface area contributed by atoms with Crippen molar-refractivity contribution in [1.82, 2.24) is 0 Å². The lowest BCUT2D eigenvalue weighted by molar-refractivity contribution is -0.114. The number of para-hydroxylation sites is 1. The smallest absolute Gasteiger partial charge is 0.248 e. The van der Waals surface area contributed by atoms with Gasteiger partial charge < -0.3 is 16.4 Å². The molecule has 0 aromatic heterocycles. The molecule has 102 valence electrons. The molecule has 0 aliphatic carbocycles. The molecule has 0 radical (unpaired) electrons. The molecule has 0 atom stereocenters. The monoisotopic (exact) mass is 269 g/mol. The average molecular weight is 269 g/mol. The molecule has 0 bridgehead atoms. The van der Waals surface area contributed by atoms with Crippen LogP contribution in [-0.4, -0.2) is 18.4 Å². The van der Waals surface area contributed by atoms with Crippen molar-refractivity contribution in [2.45, 2.75) is 0 Å². The summed E-state index contributed by atoms with van der Waals surface area (Å²) in [5, 5.41) is 5.70. The summed E-state index contributed by atoms with van der Waals surface area (Å²) in [6.45, 7) is 0.144. The standard InChI is InChI=1S/C15H15N3O2/c16-15(20)11-5-4-8-13(9-11)18-14(19)10-17-12-6-2-1-3-7-12/h1-9,17H,10H2,(H2,16,20)(H,18,19). The van der Waals surface area contributed by atoms with E-state index in [-0.39, 0.29) is 12.5 Å². The average Bonchev–Trinajstić information content (AvgIpc) is 2.46. The number of carbonyl (C=O) groups is 2. The highest BCUT2D eigenvalue weighted by molar-refractivity contribution is 5.97. The van der Waals surface area contributed by atoms with Gasteiger partial charge in [0.25, 0.3) is 0 Å². The van der Waals surface area contributed by atoms with Crippen LogP contribution >= 0.6 is 0 Å². The SMILES string of the molecule is NC(=O)c1cccc(NC(=O)CNc2ccccc2)c1. The van der Waals surface area contributed by atoms with Gasteiger partial charge in [0, 0.05) is 16.9 Å². The van der Waals surface area contributed by atoms with Gasteiger partial charge in [-0.25, -0.2) is 0 Å². The number of nitrogens with two attached hydrogens (primary N) is 1. The third-order valence-electron chi connectivity index (χ3n) is 2.66. The van der Waals surface area contributed by atoms with Crippen LogP contribution in [0.25, 0.3) is 0 Å². The summed E-state index contributed by atoms with van der Waals surface area (Å²) in [4.78, 5) is 22.8. The van der Waals surface area contributed by atoms with Crippen molar-refractivity contribution in [3.05, 3.63) is 60.2 Å². The second-order valence-electron chi connectivity index (χ2n) is 4.21. The second-order valence-corrected chi connectivity index (χ2v) is 4.21. The lowest BCUT2D eigenvalue weighted by Crippen LogP contribution is -2.22. The summed E-state index contributed by atoms with van der Waals surface area (Å²) in [5.74, 6) is -0.723. The largest absolute Gasteiger partial charge is 0.376 e. The molecule has 0 saturated carbocycles. The number of hydrogen-bond donors (Lipinski definition) is 3. The Hall–Kier alpha value is -2.82. The van der Waals surface area contributed by atoms with Crippen LogP contribution in [0.4, 0.5) is 11.4 Å². The third kappa shape index (κ3) is 3.84. The molecule has 5 heteroatoms. The van der Waals surface area contributed by atoms with Gasteiger partial charge in [0.2, 0.25) is 11.8 Å². The van der Waals surface area contributed by atoms with Gasteiger partial charge in [-0.15, -0.1) is 0 Å². The van der Waals surface area contributed by atoms with Crippen molar-refractivity contribution in [2.24, 2.45) is 5.73 Å². The van der Waals surface area contributed by atoms with E-state index in [0.717, 1.165) is 5.69 Å². The molecule has 4 N–H and O–H groups in total. The fourth-order valence-corrected chi connectivity index (χ4v) is 1.69. The zero-order valence-electron chi connectivity index (χ0n) is 10.8. The van der Waals surface area contributed by atoms with E-state index in [1.165, 1.54) is 0 Å². The zero-order valence-corrected chi connectivity index (χ0v) is 10.8. The van der Waals surface area contributed by atoms with Crippen LogP contribution < -0.4 is 16.4 Å². The Morgan fingerprint density at radius 2 is 1.65 bits per heavy atom. The van der Waals surface area contributed by atoms with E-state index in [1.807, 2.05) is 30.3 Å². The van der Waals surface area contributed by atoms with E-state index < -0.39 is 5.91 Å². The highest BCUT2D eigenvalue weighted by Gasteiger charge is 2.05. The van der Waals surface area contributed by atoms with E-state index in [1.54, 1.807) is 24.3 Å². The molecule has 0 saturated heterocycles. The molecule has 2 amide bonds. The van der Waals surface area contributed by atoms with Crippen LogP contribution in [0, 0.1) is 0 Å². The normalized spacial score (nSPS) is 9.80. The summed E-state index contributed by atoms with van der Waals surface area (Å²) in [7, 11) is 0. The summed E-state index contributed by atoms with van der Waals surface area (Å²) >= 11 is 0. The summed E-state index contributed by atoms with van der Waals surface area (Å²) < 4.78 is 0. The summed E-state index contributed by atoms with van der Waals surface area (Å²) in [6, 6.07) is 15.9. The van der Waals surface area contributed by atoms with Crippen LogP contribution in [-0.2, 0) is 4.79 Å². The Bertz CT molecular complexity index is 612. The van der Waals surface area contributed by atoms with Crippen LogP contribution in [0.5, 0.6) is 0 Å². The Labute approximate surface area is 116 Å². The molecule has 0 unspecified atom stereocenters. The van der Waals surface area contributed by atoms with Gasteiger partial charge in [-0.3, -0.25) is 9.59 Å². The van der Waals surface area contributed by atoms with E-state index >= 15 is 0 Å². The molecule has 5 nitrogen and oxygen atoms in total. The number of nitrogens with one attached hydrogen (secondary N) is 2. The van der Waals surface area contributed by atoms with Crippen molar-refractivity contribution in [3.63, 3.8) is 0 Å². The zero-order chi connectivity index (χ0) is 14.4. The maximum absolute atomic E-state index is 11.8. The van der Waals surface area contributed by atoms with Crippen LogP contribution in [0.1, 0.15) is 10.4 Å². The van der Waals surface area contributed by atoms with Gasteiger partial charge in [0.05, 0.1) is 6.54 Å². The minimum Gasteiger partial charge on any atom is -0.376 e. The number of rotatable bonds is 5. The van der Waals surface area contributed by atoms with Crippen molar-refractivity contribution in [2.75, 3.05) is 17.2 Å². The van der Waals surface area contributed by atoms with E-state index in [9.17, 15) is 9.59 Å². The third-order valence-corrected chi connectivity index (χ3v) is 2.66. The molecule has 0 aliphatic heterocycles. The Balaban J connectivity index is 1.91. The van der Waals surface area contributed by atoms with Gasteiger partial charge in [0.15, 0.2) is 0 Å². The predicted octanol–water partition coefficient (Wildman–Crippen LogP) is 1.84. The fourth-order valence-electron chi connectivity index (χ4n) is 1.69. The van der Waals surface area contributed by atoms with Crippen molar-refractivity contribution in [1.29, 1.82) is 0 Å². The van der Waals surface area contributed by atoms with Crippen molar-refractivity contribution >= 4 is 23.2 Å². The molecule has 0 heterocycles. The maximum Gasteiger partial charge on any atom is 0.248 e. The number of anilines is 2. The topological polar surface area (TPSA) is 84.2 Å². The first-order chi connectivity index (χ1) is 9.65. The van der Waals surface area contributed by atoms with Gasteiger partial charge in [0.1, 0.15) is 0 Å². The van der Waals surface area contributed by atoms with Gasteiger partial charge in [-0.05, 0) is 30.3 Å². The molecule has 2 aromatic carbocycles. The van der Waals surface area contributed by atoms with E-state index in [2.05, 4.69) is 10.6 Å².